The van der Waals surface area contributed by atoms with Crippen LogP contribution >= 0.6 is 11.3 Å². The number of para-hydroxylation sites is 1. The van der Waals surface area contributed by atoms with Crippen LogP contribution in [0.5, 0.6) is 11.5 Å². The number of ether oxygens (including phenoxy) is 2. The topological polar surface area (TPSA) is 55.1 Å². The second-order valence-electron chi connectivity index (χ2n) is 3.74. The van der Waals surface area contributed by atoms with Gasteiger partial charge in [0.2, 0.25) is 0 Å². The van der Waals surface area contributed by atoms with Crippen molar-refractivity contribution in [2.24, 2.45) is 0 Å². The average Bonchev–Trinajstić information content (AvgIpc) is 2.88. The Morgan fingerprint density at radius 3 is 2.95 bits per heavy atom. The molecule has 98 valence electrons. The molecule has 0 spiro atoms. The van der Waals surface area contributed by atoms with Crippen LogP contribution in [0.2, 0.25) is 0 Å². The molecule has 0 amide bonds. The Bertz CT molecular complexity index is 602. The summed E-state index contributed by atoms with van der Waals surface area (Å²) in [4.78, 5) is 5.30. The van der Waals surface area contributed by atoms with Crippen LogP contribution in [0, 0.1) is 11.3 Å². The van der Waals surface area contributed by atoms with E-state index in [0.29, 0.717) is 24.5 Å². The molecule has 0 N–H and O–H groups in total. The number of thiazole rings is 1. The van der Waals surface area contributed by atoms with Gasteiger partial charge in [0.25, 0.3) is 0 Å². The van der Waals surface area contributed by atoms with Crippen molar-refractivity contribution in [3.8, 4) is 28.1 Å². The molecule has 0 unspecified atom stereocenters. The summed E-state index contributed by atoms with van der Waals surface area (Å²) in [6, 6.07) is 7.84. The predicted molar refractivity (Wildman–Crippen MR) is 74.6 cm³/mol. The zero-order valence-corrected chi connectivity index (χ0v) is 11.7. The molecule has 0 aliphatic heterocycles. The lowest BCUT2D eigenvalue weighted by Crippen LogP contribution is -1.97. The van der Waals surface area contributed by atoms with Crippen molar-refractivity contribution in [2.75, 3.05) is 13.7 Å². The monoisotopic (exact) mass is 274 g/mol. The van der Waals surface area contributed by atoms with E-state index in [-0.39, 0.29) is 0 Å². The molecule has 0 radical (unpaired) electrons. The number of methoxy groups -OCH3 is 1. The third-order valence-corrected chi connectivity index (χ3v) is 3.56. The highest BCUT2D eigenvalue weighted by Crippen LogP contribution is 2.39. The van der Waals surface area contributed by atoms with Crippen LogP contribution in [0.1, 0.15) is 11.8 Å². The number of nitriles is 1. The third-order valence-electron chi connectivity index (χ3n) is 2.52. The predicted octanol–water partition coefficient (Wildman–Crippen LogP) is 3.28. The van der Waals surface area contributed by atoms with Gasteiger partial charge < -0.3 is 9.47 Å². The first kappa shape index (κ1) is 13.4. The Kier molecular flexibility index (Phi) is 4.37. The zero-order chi connectivity index (χ0) is 13.7. The van der Waals surface area contributed by atoms with E-state index in [1.54, 1.807) is 13.3 Å². The Hall–Kier alpha value is -2.06. The summed E-state index contributed by atoms with van der Waals surface area (Å²) >= 11 is 1.50. The first-order valence-corrected chi connectivity index (χ1v) is 6.73. The molecule has 0 saturated carbocycles. The largest absolute Gasteiger partial charge is 0.493 e. The van der Waals surface area contributed by atoms with Crippen LogP contribution in [0.3, 0.4) is 0 Å². The van der Waals surface area contributed by atoms with E-state index >= 15 is 0 Å². The van der Waals surface area contributed by atoms with E-state index in [9.17, 15) is 0 Å². The molecule has 2 rings (SSSR count). The number of rotatable bonds is 5. The summed E-state index contributed by atoms with van der Waals surface area (Å²) < 4.78 is 11.0. The van der Waals surface area contributed by atoms with Gasteiger partial charge in [-0.05, 0) is 19.1 Å². The fourth-order valence-electron chi connectivity index (χ4n) is 1.73. The first-order valence-electron chi connectivity index (χ1n) is 5.92. The zero-order valence-electron chi connectivity index (χ0n) is 10.8. The Morgan fingerprint density at radius 2 is 2.26 bits per heavy atom. The van der Waals surface area contributed by atoms with Crippen LogP contribution in [0.15, 0.2) is 24.4 Å². The van der Waals surface area contributed by atoms with Crippen molar-refractivity contribution in [3.05, 3.63) is 29.3 Å². The van der Waals surface area contributed by atoms with Gasteiger partial charge in [0, 0.05) is 11.1 Å². The number of hydrogen-bond donors (Lipinski definition) is 0. The molecule has 1 aromatic heterocycles. The molecule has 0 saturated heterocycles. The minimum absolute atomic E-state index is 0.381. The van der Waals surface area contributed by atoms with Crippen LogP contribution in [0.25, 0.3) is 10.6 Å². The first-order chi connectivity index (χ1) is 9.30. The van der Waals surface area contributed by atoms with Crippen LogP contribution < -0.4 is 9.47 Å². The van der Waals surface area contributed by atoms with E-state index in [4.69, 9.17) is 14.7 Å². The number of hydrogen-bond acceptors (Lipinski definition) is 5. The summed E-state index contributed by atoms with van der Waals surface area (Å²) in [6.45, 7) is 2.49. The normalized spacial score (nSPS) is 9.95. The molecule has 4 nitrogen and oxygen atoms in total. The maximum absolute atomic E-state index is 8.70. The summed E-state index contributed by atoms with van der Waals surface area (Å²) in [5, 5.41) is 9.55. The highest BCUT2D eigenvalue weighted by Gasteiger charge is 2.14. The highest BCUT2D eigenvalue weighted by molar-refractivity contribution is 7.15. The van der Waals surface area contributed by atoms with Crippen LogP contribution in [-0.4, -0.2) is 18.7 Å². The smallest absolute Gasteiger partial charge is 0.171 e. The van der Waals surface area contributed by atoms with Gasteiger partial charge in [0.15, 0.2) is 11.5 Å². The number of aromatic nitrogens is 1. The Labute approximate surface area is 116 Å². The van der Waals surface area contributed by atoms with Crippen LogP contribution in [0.4, 0.5) is 0 Å². The molecule has 2 aromatic rings. The molecule has 5 heteroatoms. The third kappa shape index (κ3) is 2.85. The molecule has 0 aliphatic carbocycles. The molecule has 0 aliphatic rings. The van der Waals surface area contributed by atoms with Gasteiger partial charge in [-0.2, -0.15) is 5.26 Å². The summed E-state index contributed by atoms with van der Waals surface area (Å²) in [5.41, 5.74) is 0.899. The van der Waals surface area contributed by atoms with Crippen molar-refractivity contribution < 1.29 is 9.47 Å². The summed E-state index contributed by atoms with van der Waals surface area (Å²) in [7, 11) is 1.62. The molecular weight excluding hydrogens is 260 g/mol. The SMILES string of the molecule is CCOc1c(OC)cccc1-c1ncc(CC#N)s1. The fourth-order valence-corrected chi connectivity index (χ4v) is 2.60. The van der Waals surface area contributed by atoms with Gasteiger partial charge in [-0.25, -0.2) is 4.98 Å². The highest BCUT2D eigenvalue weighted by atomic mass is 32.1. The van der Waals surface area contributed by atoms with E-state index in [2.05, 4.69) is 11.1 Å². The lowest BCUT2D eigenvalue weighted by atomic mass is 10.2. The second kappa shape index (κ2) is 6.21. The maximum atomic E-state index is 8.70. The fraction of sp³-hybridized carbons (Fsp3) is 0.286. The van der Waals surface area contributed by atoms with Crippen molar-refractivity contribution in [2.45, 2.75) is 13.3 Å². The van der Waals surface area contributed by atoms with E-state index in [1.807, 2.05) is 25.1 Å². The minimum Gasteiger partial charge on any atom is -0.493 e. The van der Waals surface area contributed by atoms with Crippen molar-refractivity contribution in [1.29, 1.82) is 5.26 Å². The lowest BCUT2D eigenvalue weighted by Gasteiger charge is -2.12. The molecule has 0 atom stereocenters. The van der Waals surface area contributed by atoms with Gasteiger partial charge in [0.05, 0.1) is 31.8 Å². The quantitative estimate of drug-likeness (QED) is 0.839. The lowest BCUT2D eigenvalue weighted by molar-refractivity contribution is 0.312. The summed E-state index contributed by atoms with van der Waals surface area (Å²) in [6.07, 6.45) is 2.12. The van der Waals surface area contributed by atoms with Gasteiger partial charge in [0.1, 0.15) is 5.01 Å². The Morgan fingerprint density at radius 1 is 1.42 bits per heavy atom. The molecule has 1 heterocycles. The Balaban J connectivity index is 2.45. The minimum atomic E-state index is 0.381. The van der Waals surface area contributed by atoms with E-state index in [0.717, 1.165) is 15.4 Å². The number of nitrogens with zero attached hydrogens (tertiary/aromatic N) is 2. The molecular formula is C14H14N2O2S. The van der Waals surface area contributed by atoms with Crippen molar-refractivity contribution in [1.82, 2.24) is 4.98 Å². The molecule has 1 aromatic carbocycles. The van der Waals surface area contributed by atoms with Gasteiger partial charge >= 0.3 is 0 Å². The molecule has 0 fully saturated rings. The standard InChI is InChI=1S/C14H14N2O2S/c1-3-18-13-11(5-4-6-12(13)17-2)14-16-9-10(19-14)7-8-15/h4-6,9H,3,7H2,1-2H3. The number of benzene rings is 1. The molecule has 19 heavy (non-hydrogen) atoms. The average molecular weight is 274 g/mol. The maximum Gasteiger partial charge on any atom is 0.171 e. The van der Waals surface area contributed by atoms with E-state index in [1.165, 1.54) is 11.3 Å². The van der Waals surface area contributed by atoms with Crippen molar-refractivity contribution >= 4 is 11.3 Å². The van der Waals surface area contributed by atoms with Gasteiger partial charge in [-0.3, -0.25) is 0 Å². The van der Waals surface area contributed by atoms with Gasteiger partial charge in [-0.15, -0.1) is 11.3 Å². The van der Waals surface area contributed by atoms with Crippen LogP contribution in [-0.2, 0) is 6.42 Å². The molecule has 0 bridgehead atoms. The second-order valence-corrected chi connectivity index (χ2v) is 4.85. The summed E-state index contributed by atoms with van der Waals surface area (Å²) in [5.74, 6) is 1.39. The van der Waals surface area contributed by atoms with E-state index < -0.39 is 0 Å². The van der Waals surface area contributed by atoms with Gasteiger partial charge in [-0.1, -0.05) is 6.07 Å². The van der Waals surface area contributed by atoms with Crippen molar-refractivity contribution in [3.63, 3.8) is 0 Å².